The first-order valence-electron chi connectivity index (χ1n) is 9.12. The van der Waals surface area contributed by atoms with Crippen LogP contribution in [-0.2, 0) is 25.7 Å². The molecule has 0 aliphatic heterocycles. The Kier molecular flexibility index (Phi) is 4.67. The first-order valence-corrected chi connectivity index (χ1v) is 9.94. The van der Waals surface area contributed by atoms with E-state index in [9.17, 15) is 0 Å². The van der Waals surface area contributed by atoms with Gasteiger partial charge in [-0.2, -0.15) is 0 Å². The first kappa shape index (κ1) is 16.5. The van der Waals surface area contributed by atoms with Gasteiger partial charge in [-0.25, -0.2) is 0 Å². The van der Waals surface area contributed by atoms with Crippen molar-refractivity contribution in [2.24, 2.45) is 0 Å². The van der Waals surface area contributed by atoms with Crippen molar-refractivity contribution in [1.29, 1.82) is 0 Å². The van der Waals surface area contributed by atoms with Crippen LogP contribution in [0.2, 0.25) is 0 Å². The molecule has 0 radical (unpaired) electrons. The zero-order valence-electron chi connectivity index (χ0n) is 15.0. The fraction of sp³-hybridized carbons (Fsp3) is 0.250. The van der Waals surface area contributed by atoms with Gasteiger partial charge in [0.25, 0.3) is 0 Å². The molecular formula is C24H24S. The molecule has 0 saturated carbocycles. The van der Waals surface area contributed by atoms with Crippen LogP contribution in [0.25, 0.3) is 0 Å². The van der Waals surface area contributed by atoms with E-state index in [-0.39, 0.29) is 0 Å². The van der Waals surface area contributed by atoms with Crippen LogP contribution < -0.4 is 0 Å². The van der Waals surface area contributed by atoms with Gasteiger partial charge in [0.05, 0.1) is 0 Å². The number of hydrogen-bond donors (Lipinski definition) is 0. The van der Waals surface area contributed by atoms with Gasteiger partial charge >= 0.3 is 0 Å². The van der Waals surface area contributed by atoms with Crippen molar-refractivity contribution in [2.45, 2.75) is 49.3 Å². The van der Waals surface area contributed by atoms with Gasteiger partial charge in [0.2, 0.25) is 0 Å². The molecule has 0 fully saturated rings. The molecule has 7 rings (SSSR count). The number of aryl methyl sites for hydroxylation is 6. The molecule has 0 amide bonds. The van der Waals surface area contributed by atoms with E-state index in [0.717, 1.165) is 25.7 Å². The number of rotatable bonds is 2. The second kappa shape index (κ2) is 7.09. The molecule has 0 aromatic heterocycles. The molecule has 0 heterocycles. The molecule has 3 aromatic carbocycles. The average Bonchev–Trinajstić information content (AvgIpc) is 2.60. The van der Waals surface area contributed by atoms with E-state index in [4.69, 9.17) is 0 Å². The van der Waals surface area contributed by atoms with Gasteiger partial charge in [0, 0.05) is 9.79 Å². The Bertz CT molecular complexity index is 890. The summed E-state index contributed by atoms with van der Waals surface area (Å²) in [4.78, 5) is 2.75. The zero-order chi connectivity index (χ0) is 17.2. The third-order valence-corrected chi connectivity index (χ3v) is 6.26. The van der Waals surface area contributed by atoms with E-state index in [1.807, 2.05) is 11.8 Å². The lowest BCUT2D eigenvalue weighted by Gasteiger charge is -2.15. The zero-order valence-corrected chi connectivity index (χ0v) is 15.8. The number of benzene rings is 3. The summed E-state index contributed by atoms with van der Waals surface area (Å²) in [6.07, 6.45) is 4.46. The summed E-state index contributed by atoms with van der Waals surface area (Å²) in [5.41, 5.74) is 8.62. The monoisotopic (exact) mass is 344 g/mol. The summed E-state index contributed by atoms with van der Waals surface area (Å²) >= 11 is 1.91. The lowest BCUT2D eigenvalue weighted by atomic mass is 9.94. The van der Waals surface area contributed by atoms with E-state index in [1.165, 1.54) is 43.2 Å². The Labute approximate surface area is 155 Å². The highest BCUT2D eigenvalue weighted by atomic mass is 32.2. The normalized spacial score (nSPS) is 13.5. The molecule has 0 unspecified atom stereocenters. The molecule has 25 heavy (non-hydrogen) atoms. The van der Waals surface area contributed by atoms with Crippen LogP contribution in [0.5, 0.6) is 0 Å². The Morgan fingerprint density at radius 1 is 0.640 bits per heavy atom. The van der Waals surface area contributed by atoms with Crippen LogP contribution in [0.15, 0.2) is 70.5 Å². The van der Waals surface area contributed by atoms with Crippen molar-refractivity contribution in [3.05, 3.63) is 94.0 Å². The largest absolute Gasteiger partial charge is 0.0898 e. The van der Waals surface area contributed by atoms with E-state index < -0.39 is 0 Å². The first-order chi connectivity index (χ1) is 12.2. The van der Waals surface area contributed by atoms with Crippen LogP contribution in [0.4, 0.5) is 0 Å². The average molecular weight is 345 g/mol. The van der Waals surface area contributed by atoms with E-state index in [1.54, 1.807) is 0 Å². The molecule has 4 aliphatic rings. The molecular weight excluding hydrogens is 320 g/mol. The van der Waals surface area contributed by atoms with Gasteiger partial charge in [0.15, 0.2) is 0 Å². The lowest BCUT2D eigenvalue weighted by molar-refractivity contribution is 0.892. The maximum atomic E-state index is 2.42. The van der Waals surface area contributed by atoms with Crippen molar-refractivity contribution in [2.75, 3.05) is 0 Å². The third-order valence-electron chi connectivity index (χ3n) is 5.15. The fourth-order valence-electron chi connectivity index (χ4n) is 3.54. The van der Waals surface area contributed by atoms with Crippen molar-refractivity contribution < 1.29 is 0 Å². The predicted molar refractivity (Wildman–Crippen MR) is 108 cm³/mol. The molecule has 1 heteroatoms. The van der Waals surface area contributed by atoms with Crippen LogP contribution >= 0.6 is 11.8 Å². The summed E-state index contributed by atoms with van der Waals surface area (Å²) in [6.45, 7) is 4.40. The molecule has 0 nitrogen and oxygen atoms in total. The Hall–Kier alpha value is -1.99. The molecule has 4 aliphatic carbocycles. The van der Waals surface area contributed by atoms with Gasteiger partial charge in [0.1, 0.15) is 0 Å². The SMILES string of the molecule is Cc1ccc(Sc2cc3ccc2CCc2ccc(cc2C)CC3)cc1. The molecule has 3 aromatic rings. The van der Waals surface area contributed by atoms with E-state index in [0.29, 0.717) is 0 Å². The van der Waals surface area contributed by atoms with Gasteiger partial charge in [-0.1, -0.05) is 59.8 Å². The third kappa shape index (κ3) is 3.82. The van der Waals surface area contributed by atoms with Gasteiger partial charge in [-0.15, -0.1) is 0 Å². The van der Waals surface area contributed by atoms with E-state index in [2.05, 4.69) is 74.5 Å². The molecule has 0 saturated heterocycles. The minimum Gasteiger partial charge on any atom is -0.0898 e. The Morgan fingerprint density at radius 2 is 1.28 bits per heavy atom. The second-order valence-electron chi connectivity index (χ2n) is 7.12. The van der Waals surface area contributed by atoms with Crippen molar-refractivity contribution in [1.82, 2.24) is 0 Å². The molecule has 0 spiro atoms. The van der Waals surface area contributed by atoms with Gasteiger partial charge < -0.3 is 0 Å². The topological polar surface area (TPSA) is 0 Å². The number of hydrogen-bond acceptors (Lipinski definition) is 1. The molecule has 0 N–H and O–H groups in total. The Balaban J connectivity index is 1.68. The highest BCUT2D eigenvalue weighted by Crippen LogP contribution is 2.33. The highest BCUT2D eigenvalue weighted by Gasteiger charge is 2.10. The van der Waals surface area contributed by atoms with Crippen LogP contribution in [-0.4, -0.2) is 0 Å². The second-order valence-corrected chi connectivity index (χ2v) is 8.23. The summed E-state index contributed by atoms with van der Waals surface area (Å²) in [5.74, 6) is 0. The maximum Gasteiger partial charge on any atom is 0.0157 e. The van der Waals surface area contributed by atoms with Crippen molar-refractivity contribution in [3.8, 4) is 0 Å². The maximum absolute atomic E-state index is 2.42. The molecule has 0 atom stereocenters. The molecule has 4 bridgehead atoms. The van der Waals surface area contributed by atoms with Gasteiger partial charge in [-0.3, -0.25) is 0 Å². The summed E-state index contributed by atoms with van der Waals surface area (Å²) < 4.78 is 0. The predicted octanol–water partition coefficient (Wildman–Crippen LogP) is 6.34. The quantitative estimate of drug-likeness (QED) is 0.523. The summed E-state index contributed by atoms with van der Waals surface area (Å²) in [7, 11) is 0. The van der Waals surface area contributed by atoms with E-state index >= 15 is 0 Å². The minimum absolute atomic E-state index is 1.11. The standard InChI is InChI=1S/C24H24S/c1-17-3-13-23(14-4-17)25-24-16-20-6-5-19-7-9-21(18(2)15-19)11-12-22(24)10-8-20/h3-4,7-10,13-16H,5-6,11-12H2,1-2H3. The fourth-order valence-corrected chi connectivity index (χ4v) is 4.58. The van der Waals surface area contributed by atoms with Crippen LogP contribution in [0.1, 0.15) is 33.4 Å². The summed E-state index contributed by atoms with van der Waals surface area (Å²) in [6, 6.07) is 23.0. The van der Waals surface area contributed by atoms with Crippen LogP contribution in [0, 0.1) is 13.8 Å². The summed E-state index contributed by atoms with van der Waals surface area (Å²) in [5, 5.41) is 0. The highest BCUT2D eigenvalue weighted by molar-refractivity contribution is 7.99. The Morgan fingerprint density at radius 3 is 2.00 bits per heavy atom. The minimum atomic E-state index is 1.11. The molecule has 126 valence electrons. The van der Waals surface area contributed by atoms with Gasteiger partial charge in [-0.05, 0) is 85.5 Å². The van der Waals surface area contributed by atoms with Crippen molar-refractivity contribution in [3.63, 3.8) is 0 Å². The van der Waals surface area contributed by atoms with Crippen LogP contribution in [0.3, 0.4) is 0 Å². The lowest BCUT2D eigenvalue weighted by Crippen LogP contribution is -2.01. The smallest absolute Gasteiger partial charge is 0.0157 e. The van der Waals surface area contributed by atoms with Crippen molar-refractivity contribution >= 4 is 11.8 Å².